The van der Waals surface area contributed by atoms with Crippen LogP contribution < -0.4 is 18.9 Å². The van der Waals surface area contributed by atoms with Gasteiger partial charge in [-0.2, -0.15) is 0 Å². The van der Waals surface area contributed by atoms with Crippen molar-refractivity contribution < 1.29 is 33.6 Å². The van der Waals surface area contributed by atoms with E-state index in [4.69, 9.17) is 30.5 Å². The minimum Gasteiger partial charge on any atom is -0.507 e. The Hall–Kier alpha value is -4.17. The summed E-state index contributed by atoms with van der Waals surface area (Å²) in [6.07, 6.45) is -0.0260. The Labute approximate surface area is 232 Å². The second kappa shape index (κ2) is 11.7. The fourth-order valence-corrected chi connectivity index (χ4v) is 4.78. The smallest absolute Gasteiger partial charge is 0.295 e. The SMILES string of the molecule is COc1cccc(CN2C(=O)C(=O)/C(=C(/O)c3cc(OC)c(Cl)cc3OC)C2c2ccc(OC(C)C)cc2)c1. The van der Waals surface area contributed by atoms with Crippen molar-refractivity contribution in [2.24, 2.45) is 0 Å². The molecule has 9 heteroatoms. The zero-order valence-electron chi connectivity index (χ0n) is 22.4. The van der Waals surface area contributed by atoms with Gasteiger partial charge in [-0.15, -0.1) is 0 Å². The van der Waals surface area contributed by atoms with E-state index >= 15 is 0 Å². The van der Waals surface area contributed by atoms with E-state index in [9.17, 15) is 14.7 Å². The monoisotopic (exact) mass is 551 g/mol. The van der Waals surface area contributed by atoms with E-state index in [0.29, 0.717) is 17.1 Å². The molecule has 1 saturated heterocycles. The minimum atomic E-state index is -0.893. The molecule has 8 nitrogen and oxygen atoms in total. The number of amides is 1. The number of ketones is 1. The Balaban J connectivity index is 1.89. The normalized spacial score (nSPS) is 16.5. The average Bonchev–Trinajstić information content (AvgIpc) is 3.17. The summed E-state index contributed by atoms with van der Waals surface area (Å²) in [6, 6.07) is 16.4. The lowest BCUT2D eigenvalue weighted by molar-refractivity contribution is -0.140. The summed E-state index contributed by atoms with van der Waals surface area (Å²) in [5.74, 6) is -0.212. The van der Waals surface area contributed by atoms with Crippen LogP contribution in [0.2, 0.25) is 5.02 Å². The maximum Gasteiger partial charge on any atom is 0.295 e. The number of hydrogen-bond acceptors (Lipinski definition) is 7. The molecule has 1 heterocycles. The second-order valence-electron chi connectivity index (χ2n) is 9.20. The van der Waals surface area contributed by atoms with Crippen LogP contribution in [-0.2, 0) is 16.1 Å². The van der Waals surface area contributed by atoms with Gasteiger partial charge in [-0.05, 0) is 55.3 Å². The van der Waals surface area contributed by atoms with Crippen LogP contribution in [0.15, 0.2) is 66.2 Å². The molecule has 3 aromatic carbocycles. The minimum absolute atomic E-state index is 0.0260. The Bertz CT molecular complexity index is 1420. The number of methoxy groups -OCH3 is 3. The first-order chi connectivity index (χ1) is 18.7. The van der Waals surface area contributed by atoms with Crippen LogP contribution in [0.3, 0.4) is 0 Å². The molecule has 3 aromatic rings. The van der Waals surface area contributed by atoms with Crippen molar-refractivity contribution in [1.82, 2.24) is 4.90 Å². The van der Waals surface area contributed by atoms with Crippen molar-refractivity contribution in [1.29, 1.82) is 0 Å². The molecule has 1 N–H and O–H groups in total. The van der Waals surface area contributed by atoms with Gasteiger partial charge < -0.3 is 29.0 Å². The van der Waals surface area contributed by atoms with Crippen molar-refractivity contribution >= 4 is 29.1 Å². The first-order valence-electron chi connectivity index (χ1n) is 12.3. The summed E-state index contributed by atoms with van der Waals surface area (Å²) in [7, 11) is 4.41. The maximum absolute atomic E-state index is 13.5. The Morgan fingerprint density at radius 2 is 1.62 bits per heavy atom. The molecule has 1 amide bonds. The van der Waals surface area contributed by atoms with Crippen molar-refractivity contribution in [3.8, 4) is 23.0 Å². The maximum atomic E-state index is 13.5. The van der Waals surface area contributed by atoms with Crippen molar-refractivity contribution in [3.05, 3.63) is 87.9 Å². The van der Waals surface area contributed by atoms with Crippen molar-refractivity contribution in [2.45, 2.75) is 32.5 Å². The summed E-state index contributed by atoms with van der Waals surface area (Å²) in [4.78, 5) is 28.4. The van der Waals surface area contributed by atoms with E-state index in [1.165, 1.54) is 31.3 Å². The van der Waals surface area contributed by atoms with Crippen LogP contribution >= 0.6 is 11.6 Å². The number of hydrogen-bond donors (Lipinski definition) is 1. The number of rotatable bonds is 9. The van der Waals surface area contributed by atoms with Gasteiger partial charge in [0.25, 0.3) is 11.7 Å². The number of carbonyl (C=O) groups excluding carboxylic acids is 2. The van der Waals surface area contributed by atoms with Crippen LogP contribution in [-0.4, -0.2) is 49.1 Å². The third-order valence-corrected chi connectivity index (χ3v) is 6.62. The number of aliphatic hydroxyl groups is 1. The van der Waals surface area contributed by atoms with Crippen LogP contribution in [0.25, 0.3) is 5.76 Å². The number of benzene rings is 3. The lowest BCUT2D eigenvalue weighted by Gasteiger charge is -2.26. The van der Waals surface area contributed by atoms with Gasteiger partial charge in [0.2, 0.25) is 0 Å². The van der Waals surface area contributed by atoms with Gasteiger partial charge in [-0.1, -0.05) is 35.9 Å². The summed E-state index contributed by atoms with van der Waals surface area (Å²) in [5.41, 5.74) is 1.47. The van der Waals surface area contributed by atoms with Crippen LogP contribution in [0, 0.1) is 0 Å². The molecule has 204 valence electrons. The molecule has 0 spiro atoms. The molecule has 4 rings (SSSR count). The summed E-state index contributed by atoms with van der Waals surface area (Å²) in [5, 5.41) is 11.8. The molecule has 1 atom stereocenters. The zero-order valence-corrected chi connectivity index (χ0v) is 23.1. The number of Topliss-reactive ketones (excluding diaryl/α,β-unsaturated/α-hetero) is 1. The van der Waals surface area contributed by atoms with Crippen molar-refractivity contribution in [2.75, 3.05) is 21.3 Å². The number of halogens is 1. The first-order valence-corrected chi connectivity index (χ1v) is 12.7. The highest BCUT2D eigenvalue weighted by molar-refractivity contribution is 6.46. The third kappa shape index (κ3) is 5.66. The lowest BCUT2D eigenvalue weighted by atomic mass is 9.94. The standard InChI is InChI=1S/C30H30ClNO7/c1-17(2)39-20-11-9-19(10-12-20)27-26(28(33)22-14-25(38-5)23(31)15-24(22)37-4)29(34)30(35)32(27)16-18-7-6-8-21(13-18)36-3/h6-15,17,27,33H,16H2,1-5H3/b28-26+. The molecule has 0 radical (unpaired) electrons. The third-order valence-electron chi connectivity index (χ3n) is 6.32. The topological polar surface area (TPSA) is 94.5 Å². The largest absolute Gasteiger partial charge is 0.507 e. The predicted molar refractivity (Wildman–Crippen MR) is 148 cm³/mol. The molecule has 0 aromatic heterocycles. The molecule has 0 bridgehead atoms. The Morgan fingerprint density at radius 3 is 2.23 bits per heavy atom. The highest BCUT2D eigenvalue weighted by Crippen LogP contribution is 2.44. The fourth-order valence-electron chi connectivity index (χ4n) is 4.55. The molecule has 1 aliphatic heterocycles. The van der Waals surface area contributed by atoms with E-state index in [2.05, 4.69) is 0 Å². The zero-order chi connectivity index (χ0) is 28.3. The van der Waals surface area contributed by atoms with E-state index in [-0.39, 0.29) is 40.3 Å². The van der Waals surface area contributed by atoms with Crippen LogP contribution in [0.4, 0.5) is 0 Å². The van der Waals surface area contributed by atoms with Crippen LogP contribution in [0.5, 0.6) is 23.0 Å². The molecular weight excluding hydrogens is 522 g/mol. The number of carbonyl (C=O) groups is 2. The Morgan fingerprint density at radius 1 is 0.923 bits per heavy atom. The molecule has 39 heavy (non-hydrogen) atoms. The highest BCUT2D eigenvalue weighted by atomic mass is 35.5. The summed E-state index contributed by atoms with van der Waals surface area (Å²) >= 11 is 6.26. The Kier molecular flexibility index (Phi) is 8.35. The molecular formula is C30H30ClNO7. The van der Waals surface area contributed by atoms with E-state index < -0.39 is 23.5 Å². The summed E-state index contributed by atoms with van der Waals surface area (Å²) < 4.78 is 21.8. The van der Waals surface area contributed by atoms with E-state index in [0.717, 1.165) is 5.56 Å². The number of nitrogens with zero attached hydrogens (tertiary/aromatic N) is 1. The molecule has 1 unspecified atom stereocenters. The van der Waals surface area contributed by atoms with E-state index in [1.807, 2.05) is 26.0 Å². The molecule has 0 saturated carbocycles. The van der Waals surface area contributed by atoms with E-state index in [1.54, 1.807) is 43.5 Å². The lowest BCUT2D eigenvalue weighted by Crippen LogP contribution is -2.29. The molecule has 0 aliphatic carbocycles. The van der Waals surface area contributed by atoms with Crippen molar-refractivity contribution in [3.63, 3.8) is 0 Å². The van der Waals surface area contributed by atoms with Gasteiger partial charge >= 0.3 is 0 Å². The number of ether oxygens (including phenoxy) is 4. The van der Waals surface area contributed by atoms with Gasteiger partial charge in [0.1, 0.15) is 28.8 Å². The van der Waals surface area contributed by atoms with Gasteiger partial charge in [-0.3, -0.25) is 9.59 Å². The molecule has 1 fully saturated rings. The first kappa shape index (κ1) is 27.9. The highest BCUT2D eigenvalue weighted by Gasteiger charge is 2.46. The fraction of sp³-hybridized carbons (Fsp3) is 0.267. The summed E-state index contributed by atoms with van der Waals surface area (Å²) in [6.45, 7) is 3.95. The number of likely N-dealkylation sites (tertiary alicyclic amines) is 1. The van der Waals surface area contributed by atoms with Gasteiger partial charge in [0.15, 0.2) is 0 Å². The second-order valence-corrected chi connectivity index (χ2v) is 9.61. The average molecular weight is 552 g/mol. The van der Waals surface area contributed by atoms with Crippen LogP contribution in [0.1, 0.15) is 36.6 Å². The van der Waals surface area contributed by atoms with Gasteiger partial charge in [-0.25, -0.2) is 0 Å². The molecule has 1 aliphatic rings. The quantitative estimate of drug-likeness (QED) is 0.205. The van der Waals surface area contributed by atoms with Gasteiger partial charge in [0, 0.05) is 12.6 Å². The number of aliphatic hydroxyl groups excluding tert-OH is 1. The van der Waals surface area contributed by atoms with Gasteiger partial charge in [0.05, 0.1) is 49.6 Å². The predicted octanol–water partition coefficient (Wildman–Crippen LogP) is 5.77.